The quantitative estimate of drug-likeness (QED) is 0.461. The summed E-state index contributed by atoms with van der Waals surface area (Å²) in [4.78, 5) is 32.0. The van der Waals surface area contributed by atoms with E-state index in [0.717, 1.165) is 0 Å². The second-order valence-corrected chi connectivity index (χ2v) is 2.53. The Morgan fingerprint density at radius 1 is 1.31 bits per heavy atom. The monoisotopic (exact) mass is 188 g/mol. The van der Waals surface area contributed by atoms with Crippen LogP contribution in [0.2, 0.25) is 0 Å². The lowest BCUT2D eigenvalue weighted by atomic mass is 10.3. The highest BCUT2D eigenvalue weighted by Gasteiger charge is 2.18. The Bertz CT molecular complexity index is 221. The van der Waals surface area contributed by atoms with Gasteiger partial charge in [0.1, 0.15) is 12.2 Å². The summed E-state index contributed by atoms with van der Waals surface area (Å²) < 4.78 is 8.90. The second-order valence-electron chi connectivity index (χ2n) is 2.53. The molecule has 13 heavy (non-hydrogen) atoms. The average Bonchev–Trinajstić information content (AvgIpc) is 2.01. The molecular formula is C8H12O5. The van der Waals surface area contributed by atoms with Crippen LogP contribution in [-0.4, -0.2) is 30.9 Å². The molecule has 74 valence electrons. The minimum atomic E-state index is -0.961. The zero-order valence-electron chi connectivity index (χ0n) is 7.83. The first-order valence-corrected chi connectivity index (χ1v) is 3.74. The normalized spacial score (nSPS) is 11.6. The molecule has 0 amide bonds. The predicted octanol–water partition coefficient (Wildman–Crippen LogP) is 0.0702. The Hall–Kier alpha value is -1.39. The average molecular weight is 188 g/mol. The SMILES string of the molecule is COC(=O)C(C)OC(=O)CC(C)=O. The third kappa shape index (κ3) is 4.95. The standard InChI is InChI=1S/C8H12O5/c1-5(9)4-7(10)13-6(2)8(11)12-3/h6H,4H2,1-3H3. The van der Waals surface area contributed by atoms with Crippen LogP contribution in [0.3, 0.4) is 0 Å². The number of carbonyl (C=O) groups is 3. The molecule has 0 aromatic rings. The summed E-state index contributed by atoms with van der Waals surface area (Å²) in [5, 5.41) is 0. The zero-order valence-corrected chi connectivity index (χ0v) is 7.83. The van der Waals surface area contributed by atoms with E-state index in [0.29, 0.717) is 0 Å². The molecule has 0 aromatic carbocycles. The van der Waals surface area contributed by atoms with E-state index >= 15 is 0 Å². The molecule has 0 bridgehead atoms. The number of ether oxygens (including phenoxy) is 2. The minimum absolute atomic E-state index is 0.304. The number of Topliss-reactive ketones (excluding diaryl/α,β-unsaturated/α-hetero) is 1. The van der Waals surface area contributed by atoms with Crippen LogP contribution in [0.1, 0.15) is 20.3 Å². The van der Waals surface area contributed by atoms with Crippen molar-refractivity contribution in [2.75, 3.05) is 7.11 Å². The summed E-state index contributed by atoms with van der Waals surface area (Å²) in [5.74, 6) is -1.66. The number of hydrogen-bond donors (Lipinski definition) is 0. The third-order valence-corrected chi connectivity index (χ3v) is 1.23. The summed E-state index contributed by atoms with van der Waals surface area (Å²) >= 11 is 0. The van der Waals surface area contributed by atoms with E-state index in [1.54, 1.807) is 0 Å². The predicted molar refractivity (Wildman–Crippen MR) is 42.9 cm³/mol. The second kappa shape index (κ2) is 5.29. The molecule has 1 unspecified atom stereocenters. The maximum Gasteiger partial charge on any atom is 0.346 e. The van der Waals surface area contributed by atoms with Crippen molar-refractivity contribution in [1.82, 2.24) is 0 Å². The van der Waals surface area contributed by atoms with Gasteiger partial charge < -0.3 is 9.47 Å². The molecule has 0 rings (SSSR count). The highest BCUT2D eigenvalue weighted by molar-refractivity contribution is 5.94. The van der Waals surface area contributed by atoms with Gasteiger partial charge in [0, 0.05) is 0 Å². The van der Waals surface area contributed by atoms with Crippen molar-refractivity contribution >= 4 is 17.7 Å². The topological polar surface area (TPSA) is 69.7 Å². The maximum atomic E-state index is 10.8. The van der Waals surface area contributed by atoms with E-state index in [1.807, 2.05) is 0 Å². The van der Waals surface area contributed by atoms with Crippen molar-refractivity contribution in [3.63, 3.8) is 0 Å². The molecule has 0 saturated carbocycles. The molecule has 1 atom stereocenters. The Labute approximate surface area is 76.0 Å². The molecule has 0 N–H and O–H groups in total. The van der Waals surface area contributed by atoms with Gasteiger partial charge in [0.05, 0.1) is 7.11 Å². The van der Waals surface area contributed by atoms with E-state index in [1.165, 1.54) is 21.0 Å². The van der Waals surface area contributed by atoms with Crippen molar-refractivity contribution in [3.8, 4) is 0 Å². The van der Waals surface area contributed by atoms with E-state index in [-0.39, 0.29) is 12.2 Å². The Balaban J connectivity index is 3.91. The van der Waals surface area contributed by atoms with Crippen molar-refractivity contribution in [2.45, 2.75) is 26.4 Å². The fourth-order valence-corrected chi connectivity index (χ4v) is 0.656. The van der Waals surface area contributed by atoms with Gasteiger partial charge in [0.15, 0.2) is 6.10 Å². The number of esters is 2. The fraction of sp³-hybridized carbons (Fsp3) is 0.625. The first kappa shape index (κ1) is 11.6. The molecule has 0 fully saturated rings. The molecule has 5 nitrogen and oxygen atoms in total. The highest BCUT2D eigenvalue weighted by Crippen LogP contribution is 1.97. The summed E-state index contributed by atoms with van der Waals surface area (Å²) in [6.07, 6.45) is -1.28. The summed E-state index contributed by atoms with van der Waals surface area (Å²) in [5.41, 5.74) is 0. The van der Waals surface area contributed by atoms with Gasteiger partial charge in [-0.15, -0.1) is 0 Å². The van der Waals surface area contributed by atoms with Crippen LogP contribution in [0.15, 0.2) is 0 Å². The van der Waals surface area contributed by atoms with Crippen molar-refractivity contribution < 1.29 is 23.9 Å². The number of carbonyl (C=O) groups excluding carboxylic acids is 3. The van der Waals surface area contributed by atoms with Crippen molar-refractivity contribution in [3.05, 3.63) is 0 Å². The van der Waals surface area contributed by atoms with E-state index in [9.17, 15) is 14.4 Å². The molecule has 0 aliphatic rings. The minimum Gasteiger partial charge on any atom is -0.466 e. The van der Waals surface area contributed by atoms with Crippen LogP contribution in [0.25, 0.3) is 0 Å². The zero-order chi connectivity index (χ0) is 10.4. The first-order valence-electron chi connectivity index (χ1n) is 3.74. The maximum absolute atomic E-state index is 10.8. The molecule has 0 aromatic heterocycles. The lowest BCUT2D eigenvalue weighted by molar-refractivity contribution is -0.165. The van der Waals surface area contributed by atoms with E-state index < -0.39 is 18.0 Å². The Kier molecular flexibility index (Phi) is 4.72. The van der Waals surface area contributed by atoms with Crippen LogP contribution < -0.4 is 0 Å². The summed E-state index contributed by atoms with van der Waals surface area (Å²) in [6, 6.07) is 0. The van der Waals surface area contributed by atoms with Crippen LogP contribution in [0, 0.1) is 0 Å². The third-order valence-electron chi connectivity index (χ3n) is 1.23. The number of ketones is 1. The lowest BCUT2D eigenvalue weighted by Crippen LogP contribution is -2.25. The molecule has 5 heteroatoms. The summed E-state index contributed by atoms with van der Waals surface area (Å²) in [7, 11) is 1.19. The molecule has 0 spiro atoms. The number of hydrogen-bond acceptors (Lipinski definition) is 5. The largest absolute Gasteiger partial charge is 0.466 e. The van der Waals surface area contributed by atoms with Gasteiger partial charge in [-0.1, -0.05) is 0 Å². The van der Waals surface area contributed by atoms with Gasteiger partial charge in [-0.3, -0.25) is 9.59 Å². The molecule has 0 saturated heterocycles. The smallest absolute Gasteiger partial charge is 0.346 e. The van der Waals surface area contributed by atoms with E-state index in [4.69, 9.17) is 0 Å². The Morgan fingerprint density at radius 3 is 2.23 bits per heavy atom. The van der Waals surface area contributed by atoms with Crippen LogP contribution in [-0.2, 0) is 23.9 Å². The number of rotatable bonds is 4. The van der Waals surface area contributed by atoms with Crippen LogP contribution in [0.5, 0.6) is 0 Å². The molecule has 0 aliphatic heterocycles. The first-order chi connectivity index (χ1) is 5.97. The molecule has 0 heterocycles. The fourth-order valence-electron chi connectivity index (χ4n) is 0.656. The Morgan fingerprint density at radius 2 is 1.85 bits per heavy atom. The van der Waals surface area contributed by atoms with Gasteiger partial charge in [-0.05, 0) is 13.8 Å². The van der Waals surface area contributed by atoms with Gasteiger partial charge in [0.2, 0.25) is 0 Å². The van der Waals surface area contributed by atoms with Gasteiger partial charge in [-0.2, -0.15) is 0 Å². The van der Waals surface area contributed by atoms with Gasteiger partial charge in [0.25, 0.3) is 0 Å². The number of methoxy groups -OCH3 is 1. The van der Waals surface area contributed by atoms with Crippen LogP contribution >= 0.6 is 0 Å². The van der Waals surface area contributed by atoms with Crippen molar-refractivity contribution in [2.24, 2.45) is 0 Å². The van der Waals surface area contributed by atoms with Crippen molar-refractivity contribution in [1.29, 1.82) is 0 Å². The molecule has 0 aliphatic carbocycles. The molecular weight excluding hydrogens is 176 g/mol. The van der Waals surface area contributed by atoms with Gasteiger partial charge >= 0.3 is 11.9 Å². The highest BCUT2D eigenvalue weighted by atomic mass is 16.6. The van der Waals surface area contributed by atoms with E-state index in [2.05, 4.69) is 9.47 Å². The molecule has 0 radical (unpaired) electrons. The summed E-state index contributed by atoms with van der Waals surface area (Å²) in [6.45, 7) is 2.65. The van der Waals surface area contributed by atoms with Gasteiger partial charge in [-0.25, -0.2) is 4.79 Å². The lowest BCUT2D eigenvalue weighted by Gasteiger charge is -2.09. The van der Waals surface area contributed by atoms with Crippen LogP contribution in [0.4, 0.5) is 0 Å².